The molecule has 1 unspecified atom stereocenters. The second-order valence-electron chi connectivity index (χ2n) is 6.50. The number of hydrogen-bond acceptors (Lipinski definition) is 4. The van der Waals surface area contributed by atoms with E-state index in [4.69, 9.17) is 9.84 Å². The van der Waals surface area contributed by atoms with Gasteiger partial charge in [0.05, 0.1) is 12.1 Å². The van der Waals surface area contributed by atoms with Gasteiger partial charge in [0.25, 0.3) is 0 Å². The van der Waals surface area contributed by atoms with E-state index in [0.29, 0.717) is 11.3 Å². The molecule has 0 aromatic heterocycles. The number of fused-ring (bicyclic) bond motifs is 1. The van der Waals surface area contributed by atoms with E-state index >= 15 is 0 Å². The van der Waals surface area contributed by atoms with Crippen LogP contribution in [-0.2, 0) is 15.1 Å². The molecule has 6 heteroatoms. The molecule has 6 nitrogen and oxygen atoms in total. The quantitative estimate of drug-likeness (QED) is 0.876. The topological polar surface area (TPSA) is 87.1 Å². The first-order chi connectivity index (χ1) is 10.1. The van der Waals surface area contributed by atoms with Crippen molar-refractivity contribution < 1.29 is 24.5 Å². The van der Waals surface area contributed by atoms with E-state index in [9.17, 15) is 14.7 Å². The van der Waals surface area contributed by atoms with Crippen LogP contribution in [0.2, 0.25) is 0 Å². The van der Waals surface area contributed by atoms with Crippen LogP contribution in [0.3, 0.4) is 0 Å². The maximum absolute atomic E-state index is 12.3. The normalized spacial score (nSPS) is 21.2. The summed E-state index contributed by atoms with van der Waals surface area (Å²) in [6.07, 6.45) is -0.751. The van der Waals surface area contributed by atoms with Gasteiger partial charge in [0.2, 0.25) is 0 Å². The van der Waals surface area contributed by atoms with Crippen molar-refractivity contribution in [2.24, 2.45) is 0 Å². The fraction of sp³-hybridized carbons (Fsp3) is 0.500. The minimum absolute atomic E-state index is 0.148. The molecule has 120 valence electrons. The second-order valence-corrected chi connectivity index (χ2v) is 6.50. The van der Waals surface area contributed by atoms with Crippen LogP contribution in [0.25, 0.3) is 0 Å². The van der Waals surface area contributed by atoms with Crippen LogP contribution in [0.5, 0.6) is 0 Å². The molecule has 1 aromatic rings. The van der Waals surface area contributed by atoms with E-state index in [1.54, 1.807) is 45.0 Å². The lowest BCUT2D eigenvalue weighted by Crippen LogP contribution is -2.46. The number of carbonyl (C=O) groups is 2. The van der Waals surface area contributed by atoms with Gasteiger partial charge in [-0.1, -0.05) is 18.2 Å². The van der Waals surface area contributed by atoms with Crippen molar-refractivity contribution in [1.29, 1.82) is 0 Å². The van der Waals surface area contributed by atoms with Gasteiger partial charge in [0, 0.05) is 12.1 Å². The molecule has 2 rings (SSSR count). The van der Waals surface area contributed by atoms with E-state index in [1.807, 2.05) is 0 Å². The van der Waals surface area contributed by atoms with Gasteiger partial charge < -0.3 is 14.9 Å². The van der Waals surface area contributed by atoms with Crippen LogP contribution in [0, 0.1) is 0 Å². The molecule has 0 fully saturated rings. The Morgan fingerprint density at radius 2 is 1.95 bits per heavy atom. The smallest absolute Gasteiger partial charge is 0.414 e. The summed E-state index contributed by atoms with van der Waals surface area (Å²) in [5, 5.41) is 19.7. The molecule has 0 aliphatic carbocycles. The van der Waals surface area contributed by atoms with Crippen LogP contribution in [0.15, 0.2) is 24.3 Å². The molecular weight excluding hydrogens is 286 g/mol. The van der Waals surface area contributed by atoms with Gasteiger partial charge >= 0.3 is 12.1 Å². The summed E-state index contributed by atoms with van der Waals surface area (Å²) in [5.74, 6) is -1.08. The summed E-state index contributed by atoms with van der Waals surface area (Å²) in [6.45, 7) is 5.54. The van der Waals surface area contributed by atoms with Crippen LogP contribution in [0.1, 0.15) is 39.2 Å². The Balaban J connectivity index is 2.36. The van der Waals surface area contributed by atoms with Crippen molar-refractivity contribution in [3.05, 3.63) is 29.8 Å². The maximum atomic E-state index is 12.3. The zero-order chi connectivity index (χ0) is 16.5. The minimum Gasteiger partial charge on any atom is -0.481 e. The molecule has 22 heavy (non-hydrogen) atoms. The Labute approximate surface area is 129 Å². The number of hydrogen-bond donors (Lipinski definition) is 2. The SMILES string of the molecule is CC(C)(C)OC(=O)N1CCC(O)(CC(=O)O)c2ccccc21. The fourth-order valence-corrected chi connectivity index (χ4v) is 2.59. The van der Waals surface area contributed by atoms with Gasteiger partial charge in [-0.25, -0.2) is 4.79 Å². The highest BCUT2D eigenvalue weighted by Gasteiger charge is 2.41. The molecule has 0 saturated heterocycles. The number of rotatable bonds is 2. The summed E-state index contributed by atoms with van der Waals surface area (Å²) >= 11 is 0. The molecule has 1 aromatic carbocycles. The summed E-state index contributed by atoms with van der Waals surface area (Å²) in [4.78, 5) is 24.8. The number of amides is 1. The number of aliphatic carboxylic acids is 1. The Morgan fingerprint density at radius 1 is 1.32 bits per heavy atom. The maximum Gasteiger partial charge on any atom is 0.414 e. The Morgan fingerprint density at radius 3 is 2.55 bits per heavy atom. The Bertz CT molecular complexity index is 592. The van der Waals surface area contributed by atoms with Crippen molar-refractivity contribution >= 4 is 17.7 Å². The van der Waals surface area contributed by atoms with Crippen molar-refractivity contribution in [2.75, 3.05) is 11.4 Å². The van der Waals surface area contributed by atoms with Crippen molar-refractivity contribution in [3.8, 4) is 0 Å². The molecule has 1 aliphatic heterocycles. The van der Waals surface area contributed by atoms with E-state index in [-0.39, 0.29) is 13.0 Å². The molecule has 0 saturated carbocycles. The summed E-state index contributed by atoms with van der Waals surface area (Å²) in [6, 6.07) is 6.78. The fourth-order valence-electron chi connectivity index (χ4n) is 2.59. The molecule has 0 spiro atoms. The summed E-state index contributed by atoms with van der Waals surface area (Å²) < 4.78 is 5.37. The number of benzene rings is 1. The monoisotopic (exact) mass is 307 g/mol. The van der Waals surface area contributed by atoms with Crippen molar-refractivity contribution in [2.45, 2.75) is 44.8 Å². The Hall–Kier alpha value is -2.08. The number of ether oxygens (including phenoxy) is 1. The summed E-state index contributed by atoms with van der Waals surface area (Å²) in [7, 11) is 0. The number of para-hydroxylation sites is 1. The van der Waals surface area contributed by atoms with Crippen LogP contribution < -0.4 is 4.90 Å². The second kappa shape index (κ2) is 5.61. The Kier molecular flexibility index (Phi) is 4.15. The lowest BCUT2D eigenvalue weighted by molar-refractivity contribution is -0.143. The predicted molar refractivity (Wildman–Crippen MR) is 80.8 cm³/mol. The molecule has 2 N–H and O–H groups in total. The van der Waals surface area contributed by atoms with E-state index in [0.717, 1.165) is 0 Å². The molecular formula is C16H21NO5. The minimum atomic E-state index is -1.47. The third-order valence-electron chi connectivity index (χ3n) is 3.50. The molecule has 1 heterocycles. The number of carbonyl (C=O) groups excluding carboxylic acids is 1. The lowest BCUT2D eigenvalue weighted by Gasteiger charge is -2.39. The first-order valence-corrected chi connectivity index (χ1v) is 7.17. The van der Waals surface area contributed by atoms with E-state index in [2.05, 4.69) is 0 Å². The predicted octanol–water partition coefficient (Wildman–Crippen LogP) is 2.49. The van der Waals surface area contributed by atoms with Gasteiger partial charge in [-0.3, -0.25) is 9.69 Å². The standard InChI is InChI=1S/C16H21NO5/c1-15(2,3)22-14(20)17-9-8-16(21,10-13(18)19)11-6-4-5-7-12(11)17/h4-7,21H,8-10H2,1-3H3,(H,18,19). The van der Waals surface area contributed by atoms with E-state index in [1.165, 1.54) is 4.90 Å². The van der Waals surface area contributed by atoms with Crippen LogP contribution in [-0.4, -0.2) is 34.4 Å². The van der Waals surface area contributed by atoms with Crippen molar-refractivity contribution in [3.63, 3.8) is 0 Å². The van der Waals surface area contributed by atoms with Gasteiger partial charge in [0.1, 0.15) is 11.2 Å². The molecule has 0 bridgehead atoms. The zero-order valence-corrected chi connectivity index (χ0v) is 13.0. The molecule has 1 atom stereocenters. The average Bonchev–Trinajstić information content (AvgIpc) is 2.36. The van der Waals surface area contributed by atoms with Gasteiger partial charge in [-0.05, 0) is 33.3 Å². The van der Waals surface area contributed by atoms with Crippen LogP contribution >= 0.6 is 0 Å². The van der Waals surface area contributed by atoms with Gasteiger partial charge in [-0.2, -0.15) is 0 Å². The van der Waals surface area contributed by atoms with Gasteiger partial charge in [-0.15, -0.1) is 0 Å². The number of nitrogens with zero attached hydrogens (tertiary/aromatic N) is 1. The highest BCUT2D eigenvalue weighted by molar-refractivity contribution is 5.90. The first-order valence-electron chi connectivity index (χ1n) is 7.17. The highest BCUT2D eigenvalue weighted by Crippen LogP contribution is 2.40. The number of anilines is 1. The van der Waals surface area contributed by atoms with Gasteiger partial charge in [0.15, 0.2) is 0 Å². The highest BCUT2D eigenvalue weighted by atomic mass is 16.6. The lowest BCUT2D eigenvalue weighted by atomic mass is 9.83. The average molecular weight is 307 g/mol. The third-order valence-corrected chi connectivity index (χ3v) is 3.50. The molecule has 1 amide bonds. The first kappa shape index (κ1) is 16.3. The number of aliphatic hydroxyl groups is 1. The number of carboxylic acids is 1. The van der Waals surface area contributed by atoms with Crippen LogP contribution in [0.4, 0.5) is 10.5 Å². The largest absolute Gasteiger partial charge is 0.481 e. The number of carboxylic acid groups (broad SMARTS) is 1. The molecule has 0 radical (unpaired) electrons. The third kappa shape index (κ3) is 3.39. The summed E-state index contributed by atoms with van der Waals surface area (Å²) in [5.41, 5.74) is -1.16. The molecule has 1 aliphatic rings. The van der Waals surface area contributed by atoms with Crippen molar-refractivity contribution in [1.82, 2.24) is 0 Å². The van der Waals surface area contributed by atoms with E-state index < -0.39 is 29.7 Å². The zero-order valence-electron chi connectivity index (χ0n) is 13.0.